The molecule has 0 aromatic carbocycles. The topological polar surface area (TPSA) is 79.2 Å². The molecule has 0 bridgehead atoms. The van der Waals surface area contributed by atoms with E-state index in [1.54, 1.807) is 6.07 Å². The highest BCUT2D eigenvalue weighted by atomic mass is 32.2. The first kappa shape index (κ1) is 14.2. The normalized spacial score (nSPS) is 12.2. The third-order valence-corrected chi connectivity index (χ3v) is 4.40. The van der Waals surface area contributed by atoms with Crippen LogP contribution in [0, 0.1) is 0 Å². The lowest BCUT2D eigenvalue weighted by Gasteiger charge is -2.19. The van der Waals surface area contributed by atoms with Crippen LogP contribution in [0.2, 0.25) is 0 Å². The van der Waals surface area contributed by atoms with E-state index in [0.29, 0.717) is 24.5 Å². The molecule has 17 heavy (non-hydrogen) atoms. The van der Waals surface area contributed by atoms with Gasteiger partial charge in [-0.25, -0.2) is 8.42 Å². The van der Waals surface area contributed by atoms with Crippen molar-refractivity contribution in [3.63, 3.8) is 0 Å². The molecule has 0 unspecified atom stereocenters. The molecule has 98 valence electrons. The van der Waals surface area contributed by atoms with Gasteiger partial charge in [-0.2, -0.15) is 4.31 Å². The van der Waals surface area contributed by atoms with Crippen LogP contribution in [0.3, 0.4) is 0 Å². The van der Waals surface area contributed by atoms with E-state index in [1.807, 2.05) is 13.8 Å². The summed E-state index contributed by atoms with van der Waals surface area (Å²) in [6.07, 6.45) is 3.14. The van der Waals surface area contributed by atoms with E-state index in [9.17, 15) is 8.42 Å². The molecule has 0 aliphatic heterocycles. The zero-order chi connectivity index (χ0) is 12.9. The SMILES string of the molecule is CCCN(CCC)S(=O)(=O)c1c[nH]c(CN)c1. The highest BCUT2D eigenvalue weighted by Gasteiger charge is 2.23. The first-order chi connectivity index (χ1) is 8.06. The van der Waals surface area contributed by atoms with Gasteiger partial charge in [-0.3, -0.25) is 0 Å². The summed E-state index contributed by atoms with van der Waals surface area (Å²) in [5, 5.41) is 0. The number of hydrogen-bond acceptors (Lipinski definition) is 3. The van der Waals surface area contributed by atoms with Crippen LogP contribution in [0.5, 0.6) is 0 Å². The summed E-state index contributed by atoms with van der Waals surface area (Å²) < 4.78 is 26.1. The van der Waals surface area contributed by atoms with Crippen LogP contribution in [0.1, 0.15) is 32.4 Å². The average Bonchev–Trinajstić information content (AvgIpc) is 2.78. The van der Waals surface area contributed by atoms with Crippen LogP contribution >= 0.6 is 0 Å². The average molecular weight is 259 g/mol. The third-order valence-electron chi connectivity index (χ3n) is 2.52. The van der Waals surface area contributed by atoms with Crippen LogP contribution < -0.4 is 5.73 Å². The minimum absolute atomic E-state index is 0.305. The molecule has 1 aromatic heterocycles. The molecular formula is C11H21N3O2S. The van der Waals surface area contributed by atoms with E-state index < -0.39 is 10.0 Å². The second kappa shape index (κ2) is 6.18. The van der Waals surface area contributed by atoms with Gasteiger partial charge in [0.1, 0.15) is 0 Å². The maximum absolute atomic E-state index is 12.3. The van der Waals surface area contributed by atoms with Gasteiger partial charge in [0.25, 0.3) is 0 Å². The Hall–Kier alpha value is -0.850. The fourth-order valence-corrected chi connectivity index (χ4v) is 3.33. The zero-order valence-electron chi connectivity index (χ0n) is 10.4. The van der Waals surface area contributed by atoms with Crippen molar-refractivity contribution < 1.29 is 8.42 Å². The molecule has 0 atom stereocenters. The van der Waals surface area contributed by atoms with Crippen LogP contribution in [-0.2, 0) is 16.6 Å². The summed E-state index contributed by atoms with van der Waals surface area (Å²) in [5.41, 5.74) is 6.19. The number of aromatic amines is 1. The molecule has 0 radical (unpaired) electrons. The lowest BCUT2D eigenvalue weighted by molar-refractivity contribution is 0.410. The molecule has 0 aliphatic carbocycles. The van der Waals surface area contributed by atoms with Gasteiger partial charge in [0.05, 0.1) is 4.90 Å². The standard InChI is InChI=1S/C11H21N3O2S/c1-3-5-14(6-4-2)17(15,16)11-7-10(8-12)13-9-11/h7,9,13H,3-6,8,12H2,1-2H3. The quantitative estimate of drug-likeness (QED) is 0.774. The van der Waals surface area contributed by atoms with Crippen molar-refractivity contribution in [2.75, 3.05) is 13.1 Å². The highest BCUT2D eigenvalue weighted by molar-refractivity contribution is 7.89. The number of nitrogens with zero attached hydrogens (tertiary/aromatic N) is 1. The Morgan fingerprint density at radius 2 is 1.88 bits per heavy atom. The van der Waals surface area contributed by atoms with E-state index in [0.717, 1.165) is 18.5 Å². The van der Waals surface area contributed by atoms with E-state index in [4.69, 9.17) is 5.73 Å². The highest BCUT2D eigenvalue weighted by Crippen LogP contribution is 2.17. The molecule has 5 nitrogen and oxygen atoms in total. The maximum Gasteiger partial charge on any atom is 0.244 e. The van der Waals surface area contributed by atoms with Crippen molar-refractivity contribution in [2.24, 2.45) is 5.73 Å². The van der Waals surface area contributed by atoms with Gasteiger partial charge in [-0.15, -0.1) is 0 Å². The minimum atomic E-state index is -3.37. The lowest BCUT2D eigenvalue weighted by Crippen LogP contribution is -2.32. The Bertz CT molecular complexity index is 433. The summed E-state index contributed by atoms with van der Waals surface area (Å²) in [7, 11) is -3.37. The zero-order valence-corrected chi connectivity index (χ0v) is 11.3. The number of nitrogens with one attached hydrogen (secondary N) is 1. The largest absolute Gasteiger partial charge is 0.363 e. The second-order valence-corrected chi connectivity index (χ2v) is 5.91. The molecule has 0 spiro atoms. The van der Waals surface area contributed by atoms with Crippen LogP contribution in [0.15, 0.2) is 17.2 Å². The number of nitrogens with two attached hydrogens (primary N) is 1. The molecular weight excluding hydrogens is 238 g/mol. The number of aromatic nitrogens is 1. The summed E-state index contributed by atoms with van der Waals surface area (Å²) in [6, 6.07) is 1.60. The Balaban J connectivity index is 2.98. The molecule has 6 heteroatoms. The molecule has 1 heterocycles. The molecule has 1 aromatic rings. The molecule has 1 rings (SSSR count). The van der Waals surface area contributed by atoms with Gasteiger partial charge in [-0.1, -0.05) is 13.8 Å². The lowest BCUT2D eigenvalue weighted by atomic mass is 10.4. The van der Waals surface area contributed by atoms with Gasteiger partial charge in [0.15, 0.2) is 0 Å². The molecule has 0 saturated heterocycles. The van der Waals surface area contributed by atoms with Gasteiger partial charge in [0.2, 0.25) is 10.0 Å². The van der Waals surface area contributed by atoms with E-state index in [2.05, 4.69) is 4.98 Å². The predicted molar refractivity (Wildman–Crippen MR) is 68.0 cm³/mol. The van der Waals surface area contributed by atoms with Crippen molar-refractivity contribution in [1.82, 2.24) is 9.29 Å². The summed E-state index contributed by atoms with van der Waals surface area (Å²) >= 11 is 0. The Kier molecular flexibility index (Phi) is 5.17. The fourth-order valence-electron chi connectivity index (χ4n) is 1.69. The number of sulfonamides is 1. The van der Waals surface area contributed by atoms with Crippen molar-refractivity contribution >= 4 is 10.0 Å². The van der Waals surface area contributed by atoms with E-state index >= 15 is 0 Å². The first-order valence-corrected chi connectivity index (χ1v) is 7.37. The summed E-state index contributed by atoms with van der Waals surface area (Å²) in [6.45, 7) is 5.37. The maximum atomic E-state index is 12.3. The van der Waals surface area contributed by atoms with Crippen molar-refractivity contribution in [1.29, 1.82) is 0 Å². The summed E-state index contributed by atoms with van der Waals surface area (Å²) in [4.78, 5) is 3.18. The monoisotopic (exact) mass is 259 g/mol. The number of rotatable bonds is 7. The predicted octanol–water partition coefficient (Wildman–Crippen LogP) is 1.28. The second-order valence-electron chi connectivity index (χ2n) is 3.97. The summed E-state index contributed by atoms with van der Waals surface area (Å²) in [5.74, 6) is 0. The Labute approximate surface area is 103 Å². The molecule has 0 aliphatic rings. The third kappa shape index (κ3) is 3.31. The first-order valence-electron chi connectivity index (χ1n) is 5.93. The van der Waals surface area contributed by atoms with Gasteiger partial charge in [-0.05, 0) is 18.9 Å². The minimum Gasteiger partial charge on any atom is -0.363 e. The van der Waals surface area contributed by atoms with Crippen LogP contribution in [0.4, 0.5) is 0 Å². The van der Waals surface area contributed by atoms with Gasteiger partial charge >= 0.3 is 0 Å². The molecule has 0 amide bonds. The smallest absolute Gasteiger partial charge is 0.244 e. The fraction of sp³-hybridized carbons (Fsp3) is 0.636. The number of H-pyrrole nitrogens is 1. The van der Waals surface area contributed by atoms with E-state index in [-0.39, 0.29) is 0 Å². The molecule has 0 saturated carbocycles. The van der Waals surface area contributed by atoms with Gasteiger partial charge < -0.3 is 10.7 Å². The van der Waals surface area contributed by atoms with Crippen LogP contribution in [0.25, 0.3) is 0 Å². The van der Waals surface area contributed by atoms with E-state index in [1.165, 1.54) is 10.5 Å². The molecule has 0 fully saturated rings. The van der Waals surface area contributed by atoms with Crippen molar-refractivity contribution in [2.45, 2.75) is 38.1 Å². The molecule has 3 N–H and O–H groups in total. The van der Waals surface area contributed by atoms with Crippen molar-refractivity contribution in [3.05, 3.63) is 18.0 Å². The Morgan fingerprint density at radius 3 is 2.29 bits per heavy atom. The van der Waals surface area contributed by atoms with Crippen molar-refractivity contribution in [3.8, 4) is 0 Å². The van der Waals surface area contributed by atoms with Crippen LogP contribution in [-0.4, -0.2) is 30.8 Å². The Morgan fingerprint density at radius 1 is 1.29 bits per heavy atom. The van der Waals surface area contributed by atoms with Gasteiger partial charge in [0, 0.05) is 31.5 Å². The number of hydrogen-bond donors (Lipinski definition) is 2.